The molecular weight excluding hydrogens is 245 g/mol. The Morgan fingerprint density at radius 1 is 1.50 bits per heavy atom. The van der Waals surface area contributed by atoms with Gasteiger partial charge < -0.3 is 5.32 Å². The van der Waals surface area contributed by atoms with E-state index in [2.05, 4.69) is 10.3 Å². The fraction of sp³-hybridized carbons (Fsp3) is 0.333. The lowest BCUT2D eigenvalue weighted by Gasteiger charge is -2.07. The molecule has 1 rings (SSSR count). The van der Waals surface area contributed by atoms with E-state index in [1.165, 1.54) is 18.3 Å². The van der Waals surface area contributed by atoms with Crippen molar-refractivity contribution >= 4 is 17.5 Å². The molecule has 1 amide bonds. The highest BCUT2D eigenvalue weighted by Gasteiger charge is 2.26. The Kier molecular flexibility index (Phi) is 4.12. The molecule has 0 spiro atoms. The Bertz CT molecular complexity index is 381. The average molecular weight is 253 g/mol. The highest BCUT2D eigenvalue weighted by molar-refractivity contribution is 6.29. The van der Waals surface area contributed by atoms with Gasteiger partial charge in [-0.2, -0.15) is 13.2 Å². The summed E-state index contributed by atoms with van der Waals surface area (Å²) >= 11 is 5.52. The maximum absolute atomic E-state index is 11.8. The largest absolute Gasteiger partial charge is 0.390 e. The summed E-state index contributed by atoms with van der Waals surface area (Å²) in [6.07, 6.45) is -4.03. The number of pyridine rings is 1. The second-order valence-corrected chi connectivity index (χ2v) is 3.38. The van der Waals surface area contributed by atoms with Gasteiger partial charge >= 0.3 is 6.18 Å². The van der Waals surface area contributed by atoms with E-state index in [-0.39, 0.29) is 10.7 Å². The number of hydrogen-bond acceptors (Lipinski definition) is 2. The predicted molar refractivity (Wildman–Crippen MR) is 52.3 cm³/mol. The molecule has 7 heteroatoms. The van der Waals surface area contributed by atoms with Gasteiger partial charge in [-0.3, -0.25) is 4.79 Å². The van der Waals surface area contributed by atoms with Crippen LogP contribution in [0.2, 0.25) is 5.15 Å². The Morgan fingerprint density at radius 2 is 2.19 bits per heavy atom. The van der Waals surface area contributed by atoms with Gasteiger partial charge in [-0.25, -0.2) is 4.98 Å². The van der Waals surface area contributed by atoms with Crippen molar-refractivity contribution in [2.24, 2.45) is 0 Å². The lowest BCUT2D eigenvalue weighted by atomic mass is 10.2. The SMILES string of the molecule is O=C(NCCC(F)(F)F)c1ccnc(Cl)c1. The second kappa shape index (κ2) is 5.16. The van der Waals surface area contributed by atoms with Crippen molar-refractivity contribution < 1.29 is 18.0 Å². The third kappa shape index (κ3) is 4.48. The zero-order valence-electron chi connectivity index (χ0n) is 8.01. The Morgan fingerprint density at radius 3 is 2.75 bits per heavy atom. The van der Waals surface area contributed by atoms with Gasteiger partial charge in [0.15, 0.2) is 0 Å². The Hall–Kier alpha value is -1.30. The highest BCUT2D eigenvalue weighted by Crippen LogP contribution is 2.18. The minimum absolute atomic E-state index is 0.114. The van der Waals surface area contributed by atoms with Crippen LogP contribution in [0.5, 0.6) is 0 Å². The maximum atomic E-state index is 11.8. The van der Waals surface area contributed by atoms with Gasteiger partial charge in [0.25, 0.3) is 5.91 Å². The van der Waals surface area contributed by atoms with Crippen LogP contribution < -0.4 is 5.32 Å². The van der Waals surface area contributed by atoms with Gasteiger partial charge in [0, 0.05) is 18.3 Å². The maximum Gasteiger partial charge on any atom is 0.390 e. The molecule has 16 heavy (non-hydrogen) atoms. The van der Waals surface area contributed by atoms with Gasteiger partial charge in [0.1, 0.15) is 5.15 Å². The van der Waals surface area contributed by atoms with Gasteiger partial charge in [-0.05, 0) is 12.1 Å². The molecule has 88 valence electrons. The molecule has 0 bridgehead atoms. The number of hydrogen-bond donors (Lipinski definition) is 1. The van der Waals surface area contributed by atoms with Crippen LogP contribution in [0, 0.1) is 0 Å². The summed E-state index contributed by atoms with van der Waals surface area (Å²) in [6, 6.07) is 2.65. The van der Waals surface area contributed by atoms with E-state index in [4.69, 9.17) is 11.6 Å². The van der Waals surface area contributed by atoms with E-state index in [1.807, 2.05) is 0 Å². The standard InChI is InChI=1S/C9H8ClF3N2O/c10-7-5-6(1-3-14-7)8(16)15-4-2-9(11,12)13/h1,3,5H,2,4H2,(H,15,16). The monoisotopic (exact) mass is 252 g/mol. The summed E-state index contributed by atoms with van der Waals surface area (Å²) in [6.45, 7) is -0.456. The molecule has 1 aromatic heterocycles. The number of rotatable bonds is 3. The quantitative estimate of drug-likeness (QED) is 0.840. The molecule has 1 aromatic rings. The number of aromatic nitrogens is 1. The molecule has 0 aliphatic heterocycles. The van der Waals surface area contributed by atoms with Gasteiger partial charge in [-0.1, -0.05) is 11.6 Å². The van der Waals surface area contributed by atoms with Gasteiger partial charge in [0.05, 0.1) is 6.42 Å². The Labute approximate surface area is 94.6 Å². The molecule has 0 saturated heterocycles. The predicted octanol–water partition coefficient (Wildman–Crippen LogP) is 2.42. The molecule has 0 aliphatic rings. The van der Waals surface area contributed by atoms with Crippen LogP contribution in [0.25, 0.3) is 0 Å². The highest BCUT2D eigenvalue weighted by atomic mass is 35.5. The van der Waals surface area contributed by atoms with Gasteiger partial charge in [0.2, 0.25) is 0 Å². The van der Waals surface area contributed by atoms with Crippen molar-refractivity contribution in [2.45, 2.75) is 12.6 Å². The second-order valence-electron chi connectivity index (χ2n) is 2.99. The van der Waals surface area contributed by atoms with Crippen LogP contribution in [-0.4, -0.2) is 23.6 Å². The molecule has 0 aromatic carbocycles. The molecule has 1 heterocycles. The summed E-state index contributed by atoms with van der Waals surface area (Å²) in [7, 11) is 0. The zero-order chi connectivity index (χ0) is 12.2. The van der Waals surface area contributed by atoms with E-state index in [0.29, 0.717) is 0 Å². The fourth-order valence-electron chi connectivity index (χ4n) is 0.964. The number of carbonyl (C=O) groups is 1. The fourth-order valence-corrected chi connectivity index (χ4v) is 1.14. The number of alkyl halides is 3. The van der Waals surface area contributed by atoms with Crippen molar-refractivity contribution in [3.05, 3.63) is 29.0 Å². The minimum atomic E-state index is -4.27. The lowest BCUT2D eigenvalue weighted by molar-refractivity contribution is -0.132. The van der Waals surface area contributed by atoms with E-state index in [0.717, 1.165) is 0 Å². The molecule has 0 fully saturated rings. The van der Waals surface area contributed by atoms with Crippen molar-refractivity contribution in [1.82, 2.24) is 10.3 Å². The first-order valence-corrected chi connectivity index (χ1v) is 4.73. The molecule has 0 radical (unpaired) electrons. The summed E-state index contributed by atoms with van der Waals surface area (Å²) in [5.41, 5.74) is 0.183. The summed E-state index contributed by atoms with van der Waals surface area (Å²) in [4.78, 5) is 15.0. The van der Waals surface area contributed by atoms with E-state index < -0.39 is 25.0 Å². The van der Waals surface area contributed by atoms with Crippen LogP contribution in [-0.2, 0) is 0 Å². The third-order valence-corrected chi connectivity index (χ3v) is 1.89. The van der Waals surface area contributed by atoms with Crippen LogP contribution in [0.4, 0.5) is 13.2 Å². The average Bonchev–Trinajstić information content (AvgIpc) is 2.15. The van der Waals surface area contributed by atoms with Crippen LogP contribution in [0.1, 0.15) is 16.8 Å². The minimum Gasteiger partial charge on any atom is -0.352 e. The van der Waals surface area contributed by atoms with Crippen LogP contribution in [0.3, 0.4) is 0 Å². The first kappa shape index (κ1) is 12.8. The normalized spacial score (nSPS) is 11.2. The third-order valence-electron chi connectivity index (χ3n) is 1.68. The van der Waals surface area contributed by atoms with Crippen molar-refractivity contribution in [3.8, 4) is 0 Å². The number of amides is 1. The molecule has 0 atom stereocenters. The first-order chi connectivity index (χ1) is 7.38. The molecule has 0 saturated carbocycles. The Balaban J connectivity index is 2.47. The van der Waals surface area contributed by atoms with Crippen molar-refractivity contribution in [3.63, 3.8) is 0 Å². The number of carbonyl (C=O) groups excluding carboxylic acids is 1. The number of halogens is 4. The number of nitrogens with zero attached hydrogens (tertiary/aromatic N) is 1. The topological polar surface area (TPSA) is 42.0 Å². The molecule has 0 aliphatic carbocycles. The summed E-state index contributed by atoms with van der Waals surface area (Å²) in [5, 5.41) is 2.25. The van der Waals surface area contributed by atoms with Crippen molar-refractivity contribution in [1.29, 1.82) is 0 Å². The lowest BCUT2D eigenvalue weighted by Crippen LogP contribution is -2.27. The summed E-state index contributed by atoms with van der Waals surface area (Å²) < 4.78 is 35.4. The summed E-state index contributed by atoms with van der Waals surface area (Å²) in [5.74, 6) is -0.603. The zero-order valence-corrected chi connectivity index (χ0v) is 8.77. The molecule has 1 N–H and O–H groups in total. The number of nitrogens with one attached hydrogen (secondary N) is 1. The van der Waals surface area contributed by atoms with Crippen LogP contribution in [0.15, 0.2) is 18.3 Å². The van der Waals surface area contributed by atoms with E-state index in [1.54, 1.807) is 0 Å². The molecule has 0 unspecified atom stereocenters. The molecular formula is C9H8ClF3N2O. The first-order valence-electron chi connectivity index (χ1n) is 4.35. The van der Waals surface area contributed by atoms with E-state index in [9.17, 15) is 18.0 Å². The smallest absolute Gasteiger partial charge is 0.352 e. The van der Waals surface area contributed by atoms with Crippen LogP contribution >= 0.6 is 11.6 Å². The van der Waals surface area contributed by atoms with E-state index >= 15 is 0 Å². The van der Waals surface area contributed by atoms with Gasteiger partial charge in [-0.15, -0.1) is 0 Å². The van der Waals surface area contributed by atoms with Crippen molar-refractivity contribution in [2.75, 3.05) is 6.54 Å². The molecule has 3 nitrogen and oxygen atoms in total.